The predicted octanol–water partition coefficient (Wildman–Crippen LogP) is 2.62. The van der Waals surface area contributed by atoms with E-state index in [4.69, 9.17) is 10.4 Å². The number of rotatable bonds is 1. The SMILES string of the molecule is N#Cc1c(Br)cc(C(=O)O)cc1I. The number of hydrogen-bond acceptors (Lipinski definition) is 2. The van der Waals surface area contributed by atoms with E-state index in [1.165, 1.54) is 12.1 Å². The van der Waals surface area contributed by atoms with Gasteiger partial charge in [0.1, 0.15) is 6.07 Å². The molecular weight excluding hydrogens is 349 g/mol. The Bertz CT molecular complexity index is 388. The lowest BCUT2D eigenvalue weighted by Crippen LogP contribution is -1.98. The zero-order valence-electron chi connectivity index (χ0n) is 6.21. The lowest BCUT2D eigenvalue weighted by Gasteiger charge is -2.00. The van der Waals surface area contributed by atoms with Gasteiger partial charge in [-0.3, -0.25) is 0 Å². The Kier molecular flexibility index (Phi) is 3.27. The van der Waals surface area contributed by atoms with Gasteiger partial charge in [-0.05, 0) is 50.7 Å². The summed E-state index contributed by atoms with van der Waals surface area (Å²) in [6.07, 6.45) is 0. The van der Waals surface area contributed by atoms with E-state index in [0.717, 1.165) is 0 Å². The van der Waals surface area contributed by atoms with E-state index in [-0.39, 0.29) is 5.56 Å². The minimum absolute atomic E-state index is 0.176. The smallest absolute Gasteiger partial charge is 0.335 e. The fourth-order valence-electron chi connectivity index (χ4n) is 0.803. The van der Waals surface area contributed by atoms with Gasteiger partial charge in [0, 0.05) is 8.04 Å². The third kappa shape index (κ3) is 2.19. The second-order valence-electron chi connectivity index (χ2n) is 2.23. The van der Waals surface area contributed by atoms with Crippen LogP contribution >= 0.6 is 38.5 Å². The second kappa shape index (κ2) is 4.07. The minimum Gasteiger partial charge on any atom is -0.478 e. The third-order valence-electron chi connectivity index (χ3n) is 1.40. The molecule has 0 amide bonds. The van der Waals surface area contributed by atoms with Crippen molar-refractivity contribution >= 4 is 44.5 Å². The molecule has 0 fully saturated rings. The van der Waals surface area contributed by atoms with Crippen LogP contribution in [-0.4, -0.2) is 11.1 Å². The van der Waals surface area contributed by atoms with Gasteiger partial charge in [0.25, 0.3) is 0 Å². The van der Waals surface area contributed by atoms with Crippen molar-refractivity contribution < 1.29 is 9.90 Å². The van der Waals surface area contributed by atoms with E-state index in [1.54, 1.807) is 0 Å². The molecule has 1 aromatic carbocycles. The molecule has 0 aliphatic carbocycles. The van der Waals surface area contributed by atoms with Gasteiger partial charge in [0.15, 0.2) is 0 Å². The van der Waals surface area contributed by atoms with Gasteiger partial charge in [-0.2, -0.15) is 5.26 Å². The normalized spacial score (nSPS) is 9.31. The van der Waals surface area contributed by atoms with E-state index < -0.39 is 5.97 Å². The Labute approximate surface area is 96.6 Å². The Morgan fingerprint density at radius 2 is 2.23 bits per heavy atom. The van der Waals surface area contributed by atoms with Gasteiger partial charge in [0.05, 0.1) is 11.1 Å². The number of benzene rings is 1. The van der Waals surface area contributed by atoms with Crippen LogP contribution in [-0.2, 0) is 0 Å². The largest absolute Gasteiger partial charge is 0.478 e. The van der Waals surface area contributed by atoms with Crippen LogP contribution in [0.3, 0.4) is 0 Å². The third-order valence-corrected chi connectivity index (χ3v) is 2.88. The molecule has 66 valence electrons. The molecule has 5 heteroatoms. The summed E-state index contributed by atoms with van der Waals surface area (Å²) in [6.45, 7) is 0. The summed E-state index contributed by atoms with van der Waals surface area (Å²) in [5.74, 6) is -0.997. The van der Waals surface area contributed by atoms with E-state index in [1.807, 2.05) is 28.7 Å². The van der Waals surface area contributed by atoms with E-state index in [0.29, 0.717) is 13.6 Å². The Morgan fingerprint density at radius 1 is 1.62 bits per heavy atom. The lowest BCUT2D eigenvalue weighted by molar-refractivity contribution is 0.0696. The van der Waals surface area contributed by atoms with Crippen LogP contribution in [0.4, 0.5) is 0 Å². The standard InChI is InChI=1S/C8H3BrINO2/c9-6-1-4(8(12)13)2-7(10)5(6)3-11/h1-2H,(H,12,13). The van der Waals surface area contributed by atoms with Crippen molar-refractivity contribution in [1.29, 1.82) is 5.26 Å². The summed E-state index contributed by atoms with van der Waals surface area (Å²) < 4.78 is 1.14. The fourth-order valence-corrected chi connectivity index (χ4v) is 2.47. The van der Waals surface area contributed by atoms with Crippen LogP contribution in [0.5, 0.6) is 0 Å². The van der Waals surface area contributed by atoms with Crippen molar-refractivity contribution in [2.45, 2.75) is 0 Å². The molecule has 0 radical (unpaired) electrons. The average Bonchev–Trinajstić information content (AvgIpc) is 2.03. The number of carboxylic acid groups (broad SMARTS) is 1. The van der Waals surface area contributed by atoms with Crippen molar-refractivity contribution in [2.75, 3.05) is 0 Å². The van der Waals surface area contributed by atoms with Crippen LogP contribution in [0, 0.1) is 14.9 Å². The Balaban J connectivity index is 3.39. The second-order valence-corrected chi connectivity index (χ2v) is 4.25. The number of nitrogens with zero attached hydrogens (tertiary/aromatic N) is 1. The first-order valence-electron chi connectivity index (χ1n) is 3.18. The lowest BCUT2D eigenvalue weighted by atomic mass is 10.1. The van der Waals surface area contributed by atoms with Gasteiger partial charge in [-0.25, -0.2) is 4.79 Å². The minimum atomic E-state index is -0.997. The van der Waals surface area contributed by atoms with Crippen molar-refractivity contribution in [1.82, 2.24) is 0 Å². The molecule has 0 saturated heterocycles. The zero-order chi connectivity index (χ0) is 10.0. The molecule has 13 heavy (non-hydrogen) atoms. The summed E-state index contributed by atoms with van der Waals surface area (Å²) in [6, 6.07) is 4.87. The molecule has 0 atom stereocenters. The first kappa shape index (κ1) is 10.5. The highest BCUT2D eigenvalue weighted by molar-refractivity contribution is 14.1. The van der Waals surface area contributed by atoms with Crippen LogP contribution < -0.4 is 0 Å². The summed E-state index contributed by atoms with van der Waals surface area (Å²) in [4.78, 5) is 10.6. The van der Waals surface area contributed by atoms with E-state index >= 15 is 0 Å². The molecule has 0 unspecified atom stereocenters. The summed E-state index contributed by atoms with van der Waals surface area (Å²) in [5.41, 5.74) is 0.640. The summed E-state index contributed by atoms with van der Waals surface area (Å²) in [5, 5.41) is 17.4. The van der Waals surface area contributed by atoms with Gasteiger partial charge < -0.3 is 5.11 Å². The Hall–Kier alpha value is -0.610. The van der Waals surface area contributed by atoms with Gasteiger partial charge >= 0.3 is 5.97 Å². The number of halogens is 2. The van der Waals surface area contributed by atoms with E-state index in [2.05, 4.69) is 15.9 Å². The van der Waals surface area contributed by atoms with Gasteiger partial charge in [-0.15, -0.1) is 0 Å². The van der Waals surface area contributed by atoms with Crippen molar-refractivity contribution in [3.8, 4) is 6.07 Å². The molecule has 0 saturated carbocycles. The fraction of sp³-hybridized carbons (Fsp3) is 0. The monoisotopic (exact) mass is 351 g/mol. The van der Waals surface area contributed by atoms with Gasteiger partial charge in [0.2, 0.25) is 0 Å². The van der Waals surface area contributed by atoms with Gasteiger partial charge in [-0.1, -0.05) is 0 Å². The average molecular weight is 352 g/mol. The zero-order valence-corrected chi connectivity index (χ0v) is 9.96. The van der Waals surface area contributed by atoms with Crippen LogP contribution in [0.1, 0.15) is 15.9 Å². The first-order chi connectivity index (χ1) is 6.06. The number of hydrogen-bond donors (Lipinski definition) is 1. The first-order valence-corrected chi connectivity index (χ1v) is 5.06. The number of carbonyl (C=O) groups is 1. The molecule has 1 N–H and O–H groups in total. The number of nitriles is 1. The highest BCUT2D eigenvalue weighted by atomic mass is 127. The van der Waals surface area contributed by atoms with Crippen molar-refractivity contribution in [2.24, 2.45) is 0 Å². The topological polar surface area (TPSA) is 61.1 Å². The summed E-state index contributed by atoms with van der Waals surface area (Å²) >= 11 is 5.06. The maximum Gasteiger partial charge on any atom is 0.335 e. The molecule has 0 bridgehead atoms. The maximum atomic E-state index is 10.6. The van der Waals surface area contributed by atoms with Crippen LogP contribution in [0.15, 0.2) is 16.6 Å². The number of aromatic carboxylic acids is 1. The molecule has 0 aliphatic rings. The molecule has 3 nitrogen and oxygen atoms in total. The highest BCUT2D eigenvalue weighted by Crippen LogP contribution is 2.23. The van der Waals surface area contributed by atoms with Crippen LogP contribution in [0.25, 0.3) is 0 Å². The molecule has 0 heterocycles. The maximum absolute atomic E-state index is 10.6. The predicted molar refractivity (Wildman–Crippen MR) is 58.5 cm³/mol. The van der Waals surface area contributed by atoms with E-state index in [9.17, 15) is 4.79 Å². The molecule has 0 spiro atoms. The van der Waals surface area contributed by atoms with Crippen LogP contribution in [0.2, 0.25) is 0 Å². The Morgan fingerprint density at radius 3 is 2.62 bits per heavy atom. The molecular formula is C8H3BrINO2. The highest BCUT2D eigenvalue weighted by Gasteiger charge is 2.10. The quantitative estimate of drug-likeness (QED) is 0.791. The molecule has 0 aliphatic heterocycles. The van der Waals surface area contributed by atoms with Crippen molar-refractivity contribution in [3.63, 3.8) is 0 Å². The van der Waals surface area contributed by atoms with Crippen molar-refractivity contribution in [3.05, 3.63) is 31.3 Å². The molecule has 1 aromatic rings. The number of carboxylic acids is 1. The molecule has 1 rings (SSSR count). The summed E-state index contributed by atoms with van der Waals surface area (Å²) in [7, 11) is 0. The molecule has 0 aromatic heterocycles.